The third kappa shape index (κ3) is 3.00. The molecular weight excluding hydrogens is 157 g/mol. The molecule has 12 heavy (non-hydrogen) atoms. The molecule has 3 nitrogen and oxygen atoms in total. The van der Waals surface area contributed by atoms with E-state index in [0.717, 1.165) is 6.54 Å². The van der Waals surface area contributed by atoms with Crippen molar-refractivity contribution < 1.29 is 4.39 Å². The second kappa shape index (κ2) is 4.87. The van der Waals surface area contributed by atoms with Gasteiger partial charge in [0.25, 0.3) is 0 Å². The number of hydrogen-bond acceptors (Lipinski definition) is 2. The zero-order chi connectivity index (χ0) is 8.81. The largest absolute Gasteiger partial charge is 0.310 e. The third-order valence-corrected chi connectivity index (χ3v) is 1.61. The van der Waals surface area contributed by atoms with E-state index in [0.29, 0.717) is 6.54 Å². The summed E-state index contributed by atoms with van der Waals surface area (Å²) >= 11 is 0. The molecule has 0 fully saturated rings. The fourth-order valence-electron chi connectivity index (χ4n) is 1.05. The molecule has 0 radical (unpaired) electrons. The number of nitrogens with one attached hydrogen (secondary N) is 1. The summed E-state index contributed by atoms with van der Waals surface area (Å²) in [5.74, 6) is 0. The Morgan fingerprint density at radius 3 is 3.08 bits per heavy atom. The van der Waals surface area contributed by atoms with Crippen LogP contribution in [0.15, 0.2) is 18.5 Å². The van der Waals surface area contributed by atoms with Crippen molar-refractivity contribution in [2.45, 2.75) is 19.5 Å². The Morgan fingerprint density at radius 1 is 1.67 bits per heavy atom. The Hall–Kier alpha value is -0.900. The predicted molar refractivity (Wildman–Crippen MR) is 45.7 cm³/mol. The van der Waals surface area contributed by atoms with Gasteiger partial charge in [-0.05, 0) is 13.0 Å². The van der Waals surface area contributed by atoms with E-state index in [1.54, 1.807) is 6.20 Å². The van der Waals surface area contributed by atoms with Crippen LogP contribution in [0, 0.1) is 0 Å². The Bertz CT molecular complexity index is 198. The van der Waals surface area contributed by atoms with Gasteiger partial charge in [0, 0.05) is 25.0 Å². The van der Waals surface area contributed by atoms with Crippen LogP contribution in [0.2, 0.25) is 0 Å². The second-order valence-electron chi connectivity index (χ2n) is 2.77. The van der Waals surface area contributed by atoms with Crippen LogP contribution in [0.1, 0.15) is 6.92 Å². The highest BCUT2D eigenvalue weighted by Gasteiger charge is 2.00. The van der Waals surface area contributed by atoms with E-state index in [-0.39, 0.29) is 12.7 Å². The van der Waals surface area contributed by atoms with Crippen LogP contribution in [0.5, 0.6) is 0 Å². The van der Waals surface area contributed by atoms with Crippen LogP contribution >= 0.6 is 0 Å². The van der Waals surface area contributed by atoms with Gasteiger partial charge in [0.15, 0.2) is 0 Å². The van der Waals surface area contributed by atoms with E-state index < -0.39 is 0 Å². The van der Waals surface area contributed by atoms with Gasteiger partial charge in [0.2, 0.25) is 0 Å². The van der Waals surface area contributed by atoms with Crippen molar-refractivity contribution in [3.63, 3.8) is 0 Å². The highest BCUT2D eigenvalue weighted by molar-refractivity contribution is 4.78. The lowest BCUT2D eigenvalue weighted by atomic mass is 10.3. The fourth-order valence-corrected chi connectivity index (χ4v) is 1.05. The van der Waals surface area contributed by atoms with Crippen molar-refractivity contribution in [3.05, 3.63) is 18.5 Å². The van der Waals surface area contributed by atoms with Crippen molar-refractivity contribution in [3.8, 4) is 0 Å². The number of aromatic nitrogens is 2. The van der Waals surface area contributed by atoms with E-state index in [4.69, 9.17) is 0 Å². The summed E-state index contributed by atoms with van der Waals surface area (Å²) in [6.45, 7) is 2.90. The minimum absolute atomic E-state index is 0.264. The van der Waals surface area contributed by atoms with Crippen molar-refractivity contribution in [2.75, 3.05) is 13.2 Å². The molecule has 0 spiro atoms. The predicted octanol–water partition coefficient (Wildman–Crippen LogP) is 0.831. The molecule has 0 bridgehead atoms. The number of halogens is 1. The van der Waals surface area contributed by atoms with Gasteiger partial charge in [-0.15, -0.1) is 0 Å². The number of nitrogens with zero attached hydrogens (tertiary/aromatic N) is 2. The molecule has 1 atom stereocenters. The Labute approximate surface area is 71.6 Å². The molecule has 0 saturated carbocycles. The molecule has 0 aliphatic rings. The van der Waals surface area contributed by atoms with Gasteiger partial charge in [0.05, 0.1) is 6.54 Å². The molecule has 4 heteroatoms. The highest BCUT2D eigenvalue weighted by atomic mass is 19.1. The zero-order valence-electron chi connectivity index (χ0n) is 7.20. The van der Waals surface area contributed by atoms with E-state index in [2.05, 4.69) is 10.4 Å². The fraction of sp³-hybridized carbons (Fsp3) is 0.625. The second-order valence-corrected chi connectivity index (χ2v) is 2.77. The average molecular weight is 171 g/mol. The normalized spacial score (nSPS) is 13.2. The molecular formula is C8H14FN3. The van der Waals surface area contributed by atoms with Gasteiger partial charge in [0.1, 0.15) is 6.67 Å². The molecule has 1 rings (SSSR count). The topological polar surface area (TPSA) is 29.9 Å². The van der Waals surface area contributed by atoms with Gasteiger partial charge < -0.3 is 5.32 Å². The number of hydrogen-bond donors (Lipinski definition) is 1. The lowest BCUT2D eigenvalue weighted by Crippen LogP contribution is -2.32. The van der Waals surface area contributed by atoms with Gasteiger partial charge in [-0.2, -0.15) is 5.10 Å². The van der Waals surface area contributed by atoms with Crippen molar-refractivity contribution in [2.24, 2.45) is 0 Å². The van der Waals surface area contributed by atoms with Crippen LogP contribution in [0.4, 0.5) is 4.39 Å². The standard InChI is InChI=1S/C8H14FN3/c1-8(10-5-3-9)7-12-6-2-4-11-12/h2,4,6,8,10H,3,5,7H2,1H3. The number of alkyl halides is 1. The number of rotatable bonds is 5. The molecule has 0 aliphatic carbocycles. The van der Waals surface area contributed by atoms with E-state index in [9.17, 15) is 4.39 Å². The Kier molecular flexibility index (Phi) is 3.73. The van der Waals surface area contributed by atoms with E-state index in [1.165, 1.54) is 0 Å². The molecule has 68 valence electrons. The molecule has 1 aromatic rings. The first-order chi connectivity index (χ1) is 5.83. The summed E-state index contributed by atoms with van der Waals surface area (Å²) in [7, 11) is 0. The van der Waals surface area contributed by atoms with Crippen LogP contribution in [0.25, 0.3) is 0 Å². The summed E-state index contributed by atoms with van der Waals surface area (Å²) in [5, 5.41) is 7.08. The summed E-state index contributed by atoms with van der Waals surface area (Å²) in [5.41, 5.74) is 0. The summed E-state index contributed by atoms with van der Waals surface area (Å²) in [4.78, 5) is 0. The Morgan fingerprint density at radius 2 is 2.50 bits per heavy atom. The molecule has 1 heterocycles. The quantitative estimate of drug-likeness (QED) is 0.711. The van der Waals surface area contributed by atoms with Crippen molar-refractivity contribution >= 4 is 0 Å². The molecule has 1 unspecified atom stereocenters. The third-order valence-electron chi connectivity index (χ3n) is 1.61. The van der Waals surface area contributed by atoms with Gasteiger partial charge in [-0.1, -0.05) is 0 Å². The van der Waals surface area contributed by atoms with Crippen LogP contribution in [-0.2, 0) is 6.54 Å². The Balaban J connectivity index is 2.22. The summed E-state index contributed by atoms with van der Waals surface area (Å²) in [6, 6.07) is 2.14. The van der Waals surface area contributed by atoms with Crippen molar-refractivity contribution in [1.82, 2.24) is 15.1 Å². The molecule has 0 aromatic carbocycles. The maximum Gasteiger partial charge on any atom is 0.102 e. The van der Waals surface area contributed by atoms with Crippen LogP contribution in [0.3, 0.4) is 0 Å². The van der Waals surface area contributed by atoms with Crippen LogP contribution in [-0.4, -0.2) is 29.0 Å². The first-order valence-corrected chi connectivity index (χ1v) is 4.09. The molecule has 0 aliphatic heterocycles. The lowest BCUT2D eigenvalue weighted by molar-refractivity contribution is 0.406. The lowest BCUT2D eigenvalue weighted by Gasteiger charge is -2.11. The minimum Gasteiger partial charge on any atom is -0.310 e. The molecule has 0 saturated heterocycles. The maximum atomic E-state index is 11.7. The molecule has 1 N–H and O–H groups in total. The average Bonchev–Trinajstić information content (AvgIpc) is 2.53. The highest BCUT2D eigenvalue weighted by Crippen LogP contribution is 1.89. The first kappa shape index (κ1) is 9.19. The van der Waals surface area contributed by atoms with E-state index >= 15 is 0 Å². The summed E-state index contributed by atoms with van der Waals surface area (Å²) < 4.78 is 13.6. The van der Waals surface area contributed by atoms with E-state index in [1.807, 2.05) is 23.9 Å². The summed E-state index contributed by atoms with van der Waals surface area (Å²) in [6.07, 6.45) is 3.63. The van der Waals surface area contributed by atoms with Crippen molar-refractivity contribution in [1.29, 1.82) is 0 Å². The van der Waals surface area contributed by atoms with Crippen LogP contribution < -0.4 is 5.32 Å². The SMILES string of the molecule is CC(Cn1cccn1)NCCF. The minimum atomic E-state index is -0.316. The smallest absolute Gasteiger partial charge is 0.102 e. The first-order valence-electron chi connectivity index (χ1n) is 4.09. The van der Waals surface area contributed by atoms with Gasteiger partial charge in [-0.25, -0.2) is 4.39 Å². The monoisotopic (exact) mass is 171 g/mol. The zero-order valence-corrected chi connectivity index (χ0v) is 7.20. The molecule has 1 aromatic heterocycles. The van der Waals surface area contributed by atoms with Gasteiger partial charge >= 0.3 is 0 Å². The molecule has 0 amide bonds. The van der Waals surface area contributed by atoms with Gasteiger partial charge in [-0.3, -0.25) is 4.68 Å². The maximum absolute atomic E-state index is 11.7.